The number of amides is 1. The smallest absolute Gasteiger partial charge is 0.490 e. The average molecular weight is 751 g/mol. The summed E-state index contributed by atoms with van der Waals surface area (Å²) in [5, 5.41) is 20.0. The Hall–Kier alpha value is -4.93. The van der Waals surface area contributed by atoms with Crippen molar-refractivity contribution < 1.29 is 50.9 Å². The molecule has 51 heavy (non-hydrogen) atoms. The highest BCUT2D eigenvalue weighted by molar-refractivity contribution is 7.92. The van der Waals surface area contributed by atoms with Crippen LogP contribution in [-0.4, -0.2) is 71.4 Å². The fourth-order valence-corrected chi connectivity index (χ4v) is 7.21. The molecule has 3 atom stereocenters. The molecule has 0 radical (unpaired) electrons. The van der Waals surface area contributed by atoms with E-state index in [0.717, 1.165) is 10.8 Å². The first-order valence-corrected chi connectivity index (χ1v) is 17.2. The molecule has 272 valence electrons. The predicted octanol–water partition coefficient (Wildman–Crippen LogP) is 5.81. The lowest BCUT2D eigenvalue weighted by molar-refractivity contribution is -0.192. The molecule has 1 saturated heterocycles. The van der Waals surface area contributed by atoms with Crippen LogP contribution < -0.4 is 15.6 Å². The summed E-state index contributed by atoms with van der Waals surface area (Å²) in [6, 6.07) is 16.2. The summed E-state index contributed by atoms with van der Waals surface area (Å²) in [6.45, 7) is 3.21. The van der Waals surface area contributed by atoms with Crippen LogP contribution in [0.15, 0.2) is 84.0 Å². The highest BCUT2D eigenvalue weighted by atomic mass is 35.5. The van der Waals surface area contributed by atoms with Gasteiger partial charge in [0.1, 0.15) is 11.8 Å². The number of sulfone groups is 1. The Morgan fingerprint density at radius 3 is 2.31 bits per heavy atom. The molecule has 2 unspecified atom stereocenters. The van der Waals surface area contributed by atoms with Gasteiger partial charge < -0.3 is 19.8 Å². The Kier molecular flexibility index (Phi) is 11.8. The number of ether oxygens (including phenoxy) is 1. The number of hydrogen-bond donors (Lipinski definition) is 3. The van der Waals surface area contributed by atoms with Gasteiger partial charge in [0.15, 0.2) is 9.84 Å². The van der Waals surface area contributed by atoms with E-state index >= 15 is 0 Å². The third kappa shape index (κ3) is 8.35. The SMILES string of the molecule is COc1cc([C@H](C(=O)N2CCC(C(=O)O)C2c2ccccc2S(=O)(=O)C(C)C)N(N)c2ccc3cnccc3c2)ccc1Cl.O=C(O)C(F)(F)F. The maximum absolute atomic E-state index is 14.7. The number of aliphatic carboxylic acids is 2. The Morgan fingerprint density at radius 2 is 1.71 bits per heavy atom. The van der Waals surface area contributed by atoms with Crippen molar-refractivity contribution in [3.8, 4) is 5.75 Å². The molecule has 1 aliphatic rings. The highest BCUT2D eigenvalue weighted by Crippen LogP contribution is 2.43. The van der Waals surface area contributed by atoms with Crippen LogP contribution in [-0.2, 0) is 24.2 Å². The number of hydrazine groups is 1. The largest absolute Gasteiger partial charge is 0.495 e. The summed E-state index contributed by atoms with van der Waals surface area (Å²) in [5.41, 5.74) is 1.23. The van der Waals surface area contributed by atoms with E-state index in [0.29, 0.717) is 22.0 Å². The predicted molar refractivity (Wildman–Crippen MR) is 182 cm³/mol. The molecule has 5 rings (SSSR count). The van der Waals surface area contributed by atoms with Crippen LogP contribution in [0.4, 0.5) is 18.9 Å². The van der Waals surface area contributed by atoms with Gasteiger partial charge in [0.2, 0.25) is 0 Å². The van der Waals surface area contributed by atoms with Gasteiger partial charge in [0, 0.05) is 24.3 Å². The van der Waals surface area contributed by atoms with Gasteiger partial charge in [-0.2, -0.15) is 13.2 Å². The lowest BCUT2D eigenvalue weighted by Crippen LogP contribution is -2.47. The van der Waals surface area contributed by atoms with Gasteiger partial charge in [-0.25, -0.2) is 19.1 Å². The number of benzene rings is 3. The number of nitrogens with two attached hydrogens (primary N) is 1. The van der Waals surface area contributed by atoms with Crippen molar-refractivity contribution in [2.75, 3.05) is 18.7 Å². The van der Waals surface area contributed by atoms with E-state index in [1.807, 2.05) is 18.2 Å². The fourth-order valence-electron chi connectivity index (χ4n) is 5.73. The first kappa shape index (κ1) is 38.9. The van der Waals surface area contributed by atoms with Crippen molar-refractivity contribution in [2.45, 2.75) is 48.7 Å². The normalized spacial score (nSPS) is 16.7. The molecule has 2 heterocycles. The zero-order valence-electron chi connectivity index (χ0n) is 27.4. The molecule has 12 nitrogen and oxygen atoms in total. The van der Waals surface area contributed by atoms with Crippen LogP contribution in [0.3, 0.4) is 0 Å². The minimum atomic E-state index is -5.08. The number of hydrogen-bond acceptors (Lipinski definition) is 9. The number of nitrogens with zero attached hydrogens (tertiary/aromatic N) is 3. The van der Waals surface area contributed by atoms with Crippen LogP contribution in [0.1, 0.15) is 43.5 Å². The monoisotopic (exact) mass is 750 g/mol. The van der Waals surface area contributed by atoms with E-state index in [9.17, 15) is 36.3 Å². The van der Waals surface area contributed by atoms with Crippen molar-refractivity contribution in [2.24, 2.45) is 11.8 Å². The van der Waals surface area contributed by atoms with Gasteiger partial charge >= 0.3 is 18.1 Å². The molecular formula is C34H34ClF3N4O8S. The molecular weight excluding hydrogens is 717 g/mol. The summed E-state index contributed by atoms with van der Waals surface area (Å²) < 4.78 is 64.0. The summed E-state index contributed by atoms with van der Waals surface area (Å²) in [7, 11) is -2.35. The second-order valence-corrected chi connectivity index (χ2v) is 14.6. The number of pyridine rings is 1. The van der Waals surface area contributed by atoms with Crippen LogP contribution in [0, 0.1) is 5.92 Å². The van der Waals surface area contributed by atoms with Gasteiger partial charge in [-0.15, -0.1) is 0 Å². The van der Waals surface area contributed by atoms with Crippen LogP contribution in [0.5, 0.6) is 5.75 Å². The van der Waals surface area contributed by atoms with Crippen molar-refractivity contribution in [1.82, 2.24) is 9.88 Å². The minimum absolute atomic E-state index is 0.00315. The molecule has 0 bridgehead atoms. The summed E-state index contributed by atoms with van der Waals surface area (Å²) in [5.74, 6) is 1.67. The van der Waals surface area contributed by atoms with E-state index in [1.54, 1.807) is 68.7 Å². The van der Waals surface area contributed by atoms with Crippen molar-refractivity contribution in [3.63, 3.8) is 0 Å². The number of methoxy groups -OCH3 is 1. The molecule has 1 amide bonds. The number of likely N-dealkylation sites (tertiary alicyclic amines) is 1. The lowest BCUT2D eigenvalue weighted by atomic mass is 9.93. The number of carboxylic acids is 2. The van der Waals surface area contributed by atoms with E-state index in [2.05, 4.69) is 4.98 Å². The van der Waals surface area contributed by atoms with Crippen molar-refractivity contribution in [1.29, 1.82) is 0 Å². The fraction of sp³-hybridized carbons (Fsp3) is 0.294. The lowest BCUT2D eigenvalue weighted by Gasteiger charge is -2.36. The molecule has 0 spiro atoms. The maximum Gasteiger partial charge on any atom is 0.490 e. The number of carboxylic acid groups (broad SMARTS) is 2. The average Bonchev–Trinajstić information content (AvgIpc) is 3.54. The zero-order valence-corrected chi connectivity index (χ0v) is 29.0. The number of carbonyl (C=O) groups excluding carboxylic acids is 1. The number of anilines is 1. The quantitative estimate of drug-likeness (QED) is 0.139. The third-order valence-electron chi connectivity index (χ3n) is 8.33. The Labute approximate surface area is 296 Å². The van der Waals surface area contributed by atoms with E-state index in [-0.39, 0.29) is 23.4 Å². The van der Waals surface area contributed by atoms with Gasteiger partial charge in [0.05, 0.1) is 39.9 Å². The molecule has 0 saturated carbocycles. The zero-order chi connectivity index (χ0) is 37.8. The first-order valence-electron chi connectivity index (χ1n) is 15.3. The van der Waals surface area contributed by atoms with Crippen molar-refractivity contribution in [3.05, 3.63) is 95.3 Å². The summed E-state index contributed by atoms with van der Waals surface area (Å²) in [6.07, 6.45) is -1.58. The van der Waals surface area contributed by atoms with Crippen molar-refractivity contribution >= 4 is 55.7 Å². The van der Waals surface area contributed by atoms with Gasteiger partial charge in [0.25, 0.3) is 5.91 Å². The van der Waals surface area contributed by atoms with Gasteiger partial charge in [-0.05, 0) is 73.2 Å². The van der Waals surface area contributed by atoms with Crippen LogP contribution >= 0.6 is 11.6 Å². The second-order valence-electron chi connectivity index (χ2n) is 11.8. The van der Waals surface area contributed by atoms with Crippen LogP contribution in [0.25, 0.3) is 10.8 Å². The number of alkyl halides is 3. The number of fused-ring (bicyclic) bond motifs is 1. The molecule has 17 heteroatoms. The highest BCUT2D eigenvalue weighted by Gasteiger charge is 2.47. The van der Waals surface area contributed by atoms with E-state index in [4.69, 9.17) is 32.1 Å². The van der Waals surface area contributed by atoms with Crippen LogP contribution in [0.2, 0.25) is 5.02 Å². The van der Waals surface area contributed by atoms with Gasteiger partial charge in [-0.3, -0.25) is 19.6 Å². The summed E-state index contributed by atoms with van der Waals surface area (Å²) in [4.78, 5) is 41.7. The Balaban J connectivity index is 0.000000755. The first-order chi connectivity index (χ1) is 23.9. The molecule has 1 aromatic heterocycles. The Morgan fingerprint density at radius 1 is 1.04 bits per heavy atom. The molecule has 1 fully saturated rings. The topological polar surface area (TPSA) is 180 Å². The third-order valence-corrected chi connectivity index (χ3v) is 10.9. The molecule has 0 aliphatic carbocycles. The second kappa shape index (κ2) is 15.5. The molecule has 4 N–H and O–H groups in total. The molecule has 3 aromatic carbocycles. The summed E-state index contributed by atoms with van der Waals surface area (Å²) >= 11 is 6.32. The minimum Gasteiger partial charge on any atom is -0.495 e. The number of rotatable bonds is 9. The van der Waals surface area contributed by atoms with Gasteiger partial charge in [-0.1, -0.05) is 41.9 Å². The number of carbonyl (C=O) groups is 3. The maximum atomic E-state index is 14.7. The number of halogens is 4. The molecule has 4 aromatic rings. The standard InChI is InChI=1S/C32H33ClN4O6S.C2HF3O2/c1-19(2)44(41,42)28-7-5-4-6-24(28)30-25(32(39)40)13-15-36(30)31(38)29(21-9-11-26(33)27(17-21)43-3)37(34)23-10-8-22-18-35-14-12-20(22)16-23;3-2(4,5)1(6)7/h4-12,14,16-19,25,29-30H,13,15,34H2,1-3H3,(H,39,40);(H,6,7)/t25?,29-,30?;/m1./s1. The van der Waals surface area contributed by atoms with E-state index in [1.165, 1.54) is 23.1 Å². The van der Waals surface area contributed by atoms with E-state index < -0.39 is 57.1 Å². The number of aromatic nitrogens is 1. The Bertz CT molecular complexity index is 2050. The molecule has 1 aliphatic heterocycles.